The van der Waals surface area contributed by atoms with Crippen molar-refractivity contribution < 1.29 is 14.4 Å². The smallest absolute Gasteiger partial charge is 0.148 e. The van der Waals surface area contributed by atoms with Crippen LogP contribution in [0.4, 0.5) is 0 Å². The average molecular weight is 330 g/mol. The molecule has 0 bridgehead atoms. The molecule has 1 N–H and O–H groups in total. The number of nitrogens with one attached hydrogen (secondary N) is 1. The molecule has 24 heavy (non-hydrogen) atoms. The van der Waals surface area contributed by atoms with Gasteiger partial charge in [-0.3, -0.25) is 4.84 Å². The molecule has 0 saturated carbocycles. The second-order valence-electron chi connectivity index (χ2n) is 6.46. The fourth-order valence-electron chi connectivity index (χ4n) is 3.80. The number of ether oxygens (including phenoxy) is 1. The Hall–Kier alpha value is -1.81. The van der Waals surface area contributed by atoms with Gasteiger partial charge in [-0.05, 0) is 49.8 Å². The third-order valence-electron chi connectivity index (χ3n) is 4.96. The zero-order valence-electron chi connectivity index (χ0n) is 14.5. The third-order valence-corrected chi connectivity index (χ3v) is 4.96. The van der Waals surface area contributed by atoms with Gasteiger partial charge in [0.05, 0.1) is 13.7 Å². The largest absolute Gasteiger partial charge is 0.496 e. The maximum atomic E-state index is 11.2. The molecular weight excluding hydrogens is 304 g/mol. The normalized spacial score (nSPS) is 23.6. The molecule has 2 aliphatic rings. The van der Waals surface area contributed by atoms with Gasteiger partial charge in [0, 0.05) is 25.0 Å². The van der Waals surface area contributed by atoms with Gasteiger partial charge in [0.1, 0.15) is 17.4 Å². The first kappa shape index (κ1) is 17.0. The van der Waals surface area contributed by atoms with E-state index in [4.69, 9.17) is 9.57 Å². The molecular formula is C19H26N2O3. The van der Waals surface area contributed by atoms with Crippen LogP contribution in [-0.2, 0) is 22.5 Å². The summed E-state index contributed by atoms with van der Waals surface area (Å²) in [6.07, 6.45) is 4.81. The van der Waals surface area contributed by atoms with Gasteiger partial charge in [0.2, 0.25) is 0 Å². The summed E-state index contributed by atoms with van der Waals surface area (Å²) in [6, 6.07) is 7.03. The van der Waals surface area contributed by atoms with Gasteiger partial charge in [-0.1, -0.05) is 12.1 Å². The van der Waals surface area contributed by atoms with E-state index in [1.807, 2.05) is 18.9 Å². The van der Waals surface area contributed by atoms with E-state index >= 15 is 0 Å². The molecule has 0 radical (unpaired) electrons. The van der Waals surface area contributed by atoms with Crippen LogP contribution >= 0.6 is 0 Å². The second-order valence-corrected chi connectivity index (χ2v) is 6.46. The van der Waals surface area contributed by atoms with Crippen molar-refractivity contribution in [2.45, 2.75) is 51.1 Å². The molecule has 1 aromatic rings. The highest BCUT2D eigenvalue weighted by Crippen LogP contribution is 2.30. The average Bonchev–Trinajstić information content (AvgIpc) is 2.62. The summed E-state index contributed by atoms with van der Waals surface area (Å²) >= 11 is 0. The van der Waals surface area contributed by atoms with Crippen LogP contribution < -0.4 is 10.1 Å². The summed E-state index contributed by atoms with van der Waals surface area (Å²) in [5.41, 5.74) is 3.34. The first-order chi connectivity index (χ1) is 11.7. The molecule has 1 aromatic carbocycles. The van der Waals surface area contributed by atoms with Crippen LogP contribution in [0.3, 0.4) is 0 Å². The molecule has 0 spiro atoms. The van der Waals surface area contributed by atoms with Crippen molar-refractivity contribution in [3.8, 4) is 5.75 Å². The highest BCUT2D eigenvalue weighted by Gasteiger charge is 2.28. The summed E-state index contributed by atoms with van der Waals surface area (Å²) in [4.78, 5) is 16.7. The van der Waals surface area contributed by atoms with Gasteiger partial charge < -0.3 is 10.1 Å². The minimum absolute atomic E-state index is 0.305. The number of hydroxylamine groups is 2. The SMILES string of the molecule is CCON1CCC(NC2CCc3cccc(OC)c3C2)CC1=C=O. The Bertz CT molecular complexity index is 611. The Labute approximate surface area is 143 Å². The van der Waals surface area contributed by atoms with Crippen molar-refractivity contribution in [1.82, 2.24) is 10.4 Å². The Morgan fingerprint density at radius 1 is 1.29 bits per heavy atom. The molecule has 5 heteroatoms. The topological polar surface area (TPSA) is 50.8 Å². The van der Waals surface area contributed by atoms with E-state index in [9.17, 15) is 4.79 Å². The number of piperidine rings is 1. The van der Waals surface area contributed by atoms with Crippen LogP contribution in [0.15, 0.2) is 23.9 Å². The third kappa shape index (κ3) is 3.64. The van der Waals surface area contributed by atoms with Crippen LogP contribution in [-0.4, -0.2) is 43.3 Å². The summed E-state index contributed by atoms with van der Waals surface area (Å²) in [5, 5.41) is 5.44. The van der Waals surface area contributed by atoms with Gasteiger partial charge in [-0.15, -0.1) is 0 Å². The maximum Gasteiger partial charge on any atom is 0.148 e. The first-order valence-corrected chi connectivity index (χ1v) is 8.80. The quantitative estimate of drug-likeness (QED) is 0.840. The van der Waals surface area contributed by atoms with Crippen molar-refractivity contribution >= 4 is 5.94 Å². The fourth-order valence-corrected chi connectivity index (χ4v) is 3.80. The molecule has 3 rings (SSSR count). The van der Waals surface area contributed by atoms with Crippen molar-refractivity contribution in [2.24, 2.45) is 0 Å². The van der Waals surface area contributed by atoms with E-state index in [2.05, 4.69) is 17.4 Å². The van der Waals surface area contributed by atoms with Gasteiger partial charge in [-0.2, -0.15) is 0 Å². The van der Waals surface area contributed by atoms with Crippen LogP contribution in [0.2, 0.25) is 0 Å². The molecule has 2 unspecified atom stereocenters. The molecule has 1 heterocycles. The lowest BCUT2D eigenvalue weighted by molar-refractivity contribution is -0.137. The summed E-state index contributed by atoms with van der Waals surface area (Å²) < 4.78 is 5.52. The Morgan fingerprint density at radius 3 is 2.88 bits per heavy atom. The van der Waals surface area contributed by atoms with E-state index in [1.165, 1.54) is 11.1 Å². The summed E-state index contributed by atoms with van der Waals surface area (Å²) in [5.74, 6) is 3.03. The summed E-state index contributed by atoms with van der Waals surface area (Å²) in [6.45, 7) is 3.24. The van der Waals surface area contributed by atoms with Gasteiger partial charge in [-0.25, -0.2) is 9.86 Å². The molecule has 1 saturated heterocycles. The van der Waals surface area contributed by atoms with Crippen LogP contribution in [0.25, 0.3) is 0 Å². The van der Waals surface area contributed by atoms with Crippen molar-refractivity contribution in [1.29, 1.82) is 0 Å². The standard InChI is InChI=1S/C19H26N2O3/c1-3-24-21-10-9-16(11-17(21)13-22)20-15-8-7-14-5-4-6-19(23-2)18(14)12-15/h4-6,15-16,20H,3,7-12H2,1-2H3. The van der Waals surface area contributed by atoms with E-state index in [0.717, 1.165) is 38.0 Å². The minimum Gasteiger partial charge on any atom is -0.496 e. The first-order valence-electron chi connectivity index (χ1n) is 8.80. The molecule has 2 atom stereocenters. The lowest BCUT2D eigenvalue weighted by Gasteiger charge is -2.36. The van der Waals surface area contributed by atoms with Crippen LogP contribution in [0.5, 0.6) is 5.75 Å². The van der Waals surface area contributed by atoms with Gasteiger partial charge in [0.15, 0.2) is 0 Å². The van der Waals surface area contributed by atoms with E-state index in [1.54, 1.807) is 12.2 Å². The zero-order chi connectivity index (χ0) is 16.9. The van der Waals surface area contributed by atoms with Crippen molar-refractivity contribution in [3.63, 3.8) is 0 Å². The highest BCUT2D eigenvalue weighted by molar-refractivity contribution is 5.51. The van der Waals surface area contributed by atoms with Crippen molar-refractivity contribution in [3.05, 3.63) is 35.0 Å². The molecule has 1 fully saturated rings. The number of carbonyl (C=O) groups excluding carboxylic acids is 1. The van der Waals surface area contributed by atoms with Crippen molar-refractivity contribution in [2.75, 3.05) is 20.3 Å². The number of nitrogens with zero attached hydrogens (tertiary/aromatic N) is 1. The molecule has 1 aliphatic heterocycles. The molecule has 0 amide bonds. The van der Waals surface area contributed by atoms with E-state index in [0.29, 0.717) is 30.8 Å². The molecule has 130 valence electrons. The summed E-state index contributed by atoms with van der Waals surface area (Å²) in [7, 11) is 1.73. The Balaban J connectivity index is 1.62. The Morgan fingerprint density at radius 2 is 2.12 bits per heavy atom. The molecule has 1 aliphatic carbocycles. The van der Waals surface area contributed by atoms with Crippen LogP contribution in [0, 0.1) is 0 Å². The number of methoxy groups -OCH3 is 1. The number of rotatable bonds is 5. The highest BCUT2D eigenvalue weighted by atomic mass is 16.7. The van der Waals surface area contributed by atoms with Gasteiger partial charge in [0.25, 0.3) is 0 Å². The molecule has 0 aromatic heterocycles. The van der Waals surface area contributed by atoms with E-state index in [-0.39, 0.29) is 0 Å². The Kier molecular flexibility index (Phi) is 5.56. The minimum atomic E-state index is 0.305. The fraction of sp³-hybridized carbons (Fsp3) is 0.579. The lowest BCUT2D eigenvalue weighted by atomic mass is 9.86. The predicted octanol–water partition coefficient (Wildman–Crippen LogP) is 2.27. The van der Waals surface area contributed by atoms with Gasteiger partial charge >= 0.3 is 0 Å². The number of fused-ring (bicyclic) bond motifs is 1. The lowest BCUT2D eigenvalue weighted by Crippen LogP contribution is -2.47. The second kappa shape index (κ2) is 7.84. The number of benzene rings is 1. The number of hydrogen-bond donors (Lipinski definition) is 1. The number of hydrogen-bond acceptors (Lipinski definition) is 5. The van der Waals surface area contributed by atoms with Crippen LogP contribution in [0.1, 0.15) is 37.3 Å². The maximum absolute atomic E-state index is 11.2. The van der Waals surface area contributed by atoms with E-state index < -0.39 is 0 Å². The predicted molar refractivity (Wildman–Crippen MR) is 92.5 cm³/mol. The molecule has 5 nitrogen and oxygen atoms in total. The monoisotopic (exact) mass is 330 g/mol. The zero-order valence-corrected chi connectivity index (χ0v) is 14.5. The number of aryl methyl sites for hydroxylation is 1.